The third kappa shape index (κ3) is 3.11. The minimum absolute atomic E-state index is 0.156. The van der Waals surface area contributed by atoms with Crippen molar-refractivity contribution < 1.29 is 15.2 Å². The highest BCUT2D eigenvalue weighted by atomic mass is 16.5. The molecule has 1 atom stereocenters. The van der Waals surface area contributed by atoms with Gasteiger partial charge in [-0.15, -0.1) is 0 Å². The van der Waals surface area contributed by atoms with Crippen LogP contribution >= 0.6 is 0 Å². The van der Waals surface area contributed by atoms with Gasteiger partial charge in [-0.1, -0.05) is 6.07 Å². The standard InChI is InChI=1S/C24H24N4O4/c1-12-8-13(2)10-14(9-12)28-23(30)19(22(29)27-24(28)31)21-20-16(6-7-25-21)17-11-15(32-3)4-5-18(17)26-20/h4-5,8-11,21,25-26,30H,6-7H2,1-3H3,(H,27,29,31)/p+1/t21-/m1/s1. The molecule has 0 bridgehead atoms. The van der Waals surface area contributed by atoms with Crippen molar-refractivity contribution >= 4 is 10.9 Å². The zero-order valence-electron chi connectivity index (χ0n) is 18.2. The first-order valence-corrected chi connectivity index (χ1v) is 10.6. The molecule has 8 nitrogen and oxygen atoms in total. The normalized spacial score (nSPS) is 15.7. The summed E-state index contributed by atoms with van der Waals surface area (Å²) in [4.78, 5) is 31.4. The molecule has 1 aliphatic rings. The fourth-order valence-electron chi connectivity index (χ4n) is 4.82. The number of hydrogen-bond donors (Lipinski definition) is 4. The van der Waals surface area contributed by atoms with Crippen LogP contribution in [0.15, 0.2) is 46.0 Å². The van der Waals surface area contributed by atoms with E-state index in [4.69, 9.17) is 4.74 Å². The molecule has 0 saturated carbocycles. The molecule has 0 spiro atoms. The number of quaternary nitrogens is 1. The average molecular weight is 433 g/mol. The molecule has 2 aromatic carbocycles. The minimum Gasteiger partial charge on any atom is -0.497 e. The van der Waals surface area contributed by atoms with Crippen LogP contribution in [0.1, 0.15) is 34.0 Å². The number of nitrogens with two attached hydrogens (primary N) is 1. The lowest BCUT2D eigenvalue weighted by Crippen LogP contribution is -2.87. The molecule has 8 heteroatoms. The van der Waals surface area contributed by atoms with E-state index in [2.05, 4.69) is 9.97 Å². The van der Waals surface area contributed by atoms with Gasteiger partial charge in [0.1, 0.15) is 11.3 Å². The van der Waals surface area contributed by atoms with Crippen molar-refractivity contribution in [3.63, 3.8) is 0 Å². The highest BCUT2D eigenvalue weighted by Gasteiger charge is 2.34. The predicted molar refractivity (Wildman–Crippen MR) is 121 cm³/mol. The number of aromatic amines is 2. The fourth-order valence-corrected chi connectivity index (χ4v) is 4.82. The molecule has 4 aromatic rings. The van der Waals surface area contributed by atoms with Gasteiger partial charge in [-0.3, -0.25) is 9.78 Å². The first-order valence-electron chi connectivity index (χ1n) is 10.6. The summed E-state index contributed by atoms with van der Waals surface area (Å²) in [6.45, 7) is 4.58. The molecular formula is C24H25N4O4+. The lowest BCUT2D eigenvalue weighted by atomic mass is 9.95. The van der Waals surface area contributed by atoms with Crippen LogP contribution in [0.25, 0.3) is 16.6 Å². The molecule has 0 fully saturated rings. The van der Waals surface area contributed by atoms with Crippen LogP contribution in [0.4, 0.5) is 0 Å². The van der Waals surface area contributed by atoms with Gasteiger partial charge in [-0.2, -0.15) is 0 Å². The number of H-pyrrole nitrogens is 2. The Balaban J connectivity index is 1.73. The Morgan fingerprint density at radius 3 is 2.56 bits per heavy atom. The molecule has 0 aliphatic carbocycles. The van der Waals surface area contributed by atoms with Crippen LogP contribution in [0.2, 0.25) is 0 Å². The van der Waals surface area contributed by atoms with Crippen molar-refractivity contribution in [1.82, 2.24) is 14.5 Å². The highest BCUT2D eigenvalue weighted by Crippen LogP contribution is 2.34. The molecule has 1 aliphatic heterocycles. The Morgan fingerprint density at radius 1 is 1.09 bits per heavy atom. The lowest BCUT2D eigenvalue weighted by molar-refractivity contribution is -0.690. The van der Waals surface area contributed by atoms with Crippen molar-refractivity contribution in [3.8, 4) is 17.3 Å². The number of hydrogen-bond acceptors (Lipinski definition) is 4. The van der Waals surface area contributed by atoms with Crippen LogP contribution in [0.5, 0.6) is 11.6 Å². The number of aromatic nitrogens is 3. The minimum atomic E-state index is -0.668. The summed E-state index contributed by atoms with van der Waals surface area (Å²) in [6, 6.07) is 10.9. The third-order valence-electron chi connectivity index (χ3n) is 6.15. The van der Waals surface area contributed by atoms with Crippen LogP contribution in [-0.4, -0.2) is 33.3 Å². The number of fused-ring (bicyclic) bond motifs is 3. The highest BCUT2D eigenvalue weighted by molar-refractivity contribution is 5.86. The van der Waals surface area contributed by atoms with Crippen molar-refractivity contribution in [2.75, 3.05) is 13.7 Å². The van der Waals surface area contributed by atoms with E-state index >= 15 is 0 Å². The summed E-state index contributed by atoms with van der Waals surface area (Å²) in [7, 11) is 1.63. The fraction of sp³-hybridized carbons (Fsp3) is 0.250. The topological polar surface area (TPSA) is 117 Å². The van der Waals surface area contributed by atoms with Gasteiger partial charge in [0.25, 0.3) is 5.56 Å². The number of aryl methyl sites for hydroxylation is 2. The van der Waals surface area contributed by atoms with Crippen LogP contribution in [0.3, 0.4) is 0 Å². The quantitative estimate of drug-likeness (QED) is 0.392. The Kier molecular flexibility index (Phi) is 4.67. The SMILES string of the molecule is COc1ccc2[nH]c3c(c2c1)CC[NH2+][C@@H]3c1c(O)n(-c2cc(C)cc(C)c2)c(=O)[nH]c1=O. The molecule has 5 N–H and O–H groups in total. The van der Waals surface area contributed by atoms with E-state index in [1.807, 2.05) is 43.4 Å². The molecule has 5 rings (SSSR count). The summed E-state index contributed by atoms with van der Waals surface area (Å²) in [5, 5.41) is 14.3. The van der Waals surface area contributed by atoms with Crippen molar-refractivity contribution in [2.24, 2.45) is 0 Å². The summed E-state index contributed by atoms with van der Waals surface area (Å²) in [5.74, 6) is 0.420. The summed E-state index contributed by atoms with van der Waals surface area (Å²) in [6.07, 6.45) is 0.814. The van der Waals surface area contributed by atoms with E-state index in [1.54, 1.807) is 19.2 Å². The van der Waals surface area contributed by atoms with Crippen molar-refractivity contribution in [3.05, 3.63) is 85.2 Å². The zero-order valence-corrected chi connectivity index (χ0v) is 18.2. The number of methoxy groups -OCH3 is 1. The lowest BCUT2D eigenvalue weighted by Gasteiger charge is -2.22. The van der Waals surface area contributed by atoms with Gasteiger partial charge in [0, 0.05) is 17.3 Å². The molecule has 164 valence electrons. The summed E-state index contributed by atoms with van der Waals surface area (Å²) >= 11 is 0. The van der Waals surface area contributed by atoms with E-state index in [0.717, 1.165) is 52.0 Å². The van der Waals surface area contributed by atoms with Crippen LogP contribution in [0, 0.1) is 13.8 Å². The van der Waals surface area contributed by atoms with Gasteiger partial charge in [-0.25, -0.2) is 9.36 Å². The van der Waals surface area contributed by atoms with E-state index in [-0.39, 0.29) is 11.4 Å². The molecule has 2 aromatic heterocycles. The van der Waals surface area contributed by atoms with E-state index in [0.29, 0.717) is 5.69 Å². The number of benzene rings is 2. The zero-order chi connectivity index (χ0) is 22.6. The average Bonchev–Trinajstić information content (AvgIpc) is 3.11. The second kappa shape index (κ2) is 7.42. The van der Waals surface area contributed by atoms with Gasteiger partial charge in [-0.05, 0) is 60.9 Å². The largest absolute Gasteiger partial charge is 0.497 e. The Morgan fingerprint density at radius 2 is 1.84 bits per heavy atom. The molecule has 0 radical (unpaired) electrons. The van der Waals surface area contributed by atoms with Gasteiger partial charge in [0.2, 0.25) is 5.88 Å². The first kappa shape index (κ1) is 20.1. The number of ether oxygens (including phenoxy) is 1. The monoisotopic (exact) mass is 433 g/mol. The van der Waals surface area contributed by atoms with Gasteiger partial charge < -0.3 is 20.1 Å². The van der Waals surface area contributed by atoms with E-state index in [9.17, 15) is 14.7 Å². The summed E-state index contributed by atoms with van der Waals surface area (Å²) in [5.41, 5.74) is 4.21. The van der Waals surface area contributed by atoms with E-state index < -0.39 is 17.3 Å². The molecule has 32 heavy (non-hydrogen) atoms. The second-order valence-corrected chi connectivity index (χ2v) is 8.36. The number of nitrogens with one attached hydrogen (secondary N) is 2. The molecule has 0 unspecified atom stereocenters. The van der Waals surface area contributed by atoms with Crippen LogP contribution in [-0.2, 0) is 6.42 Å². The van der Waals surface area contributed by atoms with Crippen LogP contribution < -0.4 is 21.3 Å². The predicted octanol–water partition coefficient (Wildman–Crippen LogP) is 1.55. The van der Waals surface area contributed by atoms with Gasteiger partial charge in [0.15, 0.2) is 6.04 Å². The Bertz CT molecular complexity index is 1460. The maximum Gasteiger partial charge on any atom is 0.335 e. The number of aromatic hydroxyl groups is 1. The van der Waals surface area contributed by atoms with E-state index in [1.165, 1.54) is 4.57 Å². The number of nitrogens with zero attached hydrogens (tertiary/aromatic N) is 1. The smallest absolute Gasteiger partial charge is 0.335 e. The maximum atomic E-state index is 12.9. The first-order chi connectivity index (χ1) is 15.4. The molecular weight excluding hydrogens is 408 g/mol. The van der Waals surface area contributed by atoms with Gasteiger partial charge in [0.05, 0.1) is 25.0 Å². The molecule has 3 heterocycles. The molecule has 0 saturated heterocycles. The third-order valence-corrected chi connectivity index (χ3v) is 6.15. The van der Waals surface area contributed by atoms with Crippen molar-refractivity contribution in [2.45, 2.75) is 26.3 Å². The number of rotatable bonds is 3. The molecule has 0 amide bonds. The second-order valence-electron chi connectivity index (χ2n) is 8.36. The van der Waals surface area contributed by atoms with Gasteiger partial charge >= 0.3 is 5.69 Å². The Hall–Kier alpha value is -3.78. The van der Waals surface area contributed by atoms with Crippen molar-refractivity contribution in [1.29, 1.82) is 0 Å². The maximum absolute atomic E-state index is 12.9. The summed E-state index contributed by atoms with van der Waals surface area (Å²) < 4.78 is 6.55. The Labute approximate surface area is 183 Å².